The van der Waals surface area contributed by atoms with Crippen LogP contribution >= 0.6 is 0 Å². The van der Waals surface area contributed by atoms with E-state index in [4.69, 9.17) is 0 Å². The lowest BCUT2D eigenvalue weighted by Crippen LogP contribution is -2.33. The Morgan fingerprint density at radius 2 is 2.28 bits per heavy atom. The maximum Gasteiger partial charge on any atom is 0.276 e. The fourth-order valence-electron chi connectivity index (χ4n) is 1.76. The minimum atomic E-state index is -0.158. The summed E-state index contributed by atoms with van der Waals surface area (Å²) in [7, 11) is 0. The van der Waals surface area contributed by atoms with Gasteiger partial charge in [0.15, 0.2) is 5.69 Å². The lowest BCUT2D eigenvalue weighted by atomic mass is 10.1. The molecule has 2 rings (SSSR count). The third kappa shape index (κ3) is 2.60. The molecular formula is C13H20N4O. The molecule has 0 spiro atoms. The van der Waals surface area contributed by atoms with Crippen molar-refractivity contribution in [3.05, 3.63) is 24.5 Å². The number of hydrogen-bond acceptors (Lipinski definition) is 3. The van der Waals surface area contributed by atoms with Gasteiger partial charge < -0.3 is 4.90 Å². The number of carbonyl (C=O) groups excluding carboxylic acids is 1. The highest BCUT2D eigenvalue weighted by molar-refractivity contribution is 5.92. The molecule has 0 aromatic carbocycles. The topological polar surface area (TPSA) is 51.0 Å². The lowest BCUT2D eigenvalue weighted by molar-refractivity contribution is 0.0756. The average molecular weight is 248 g/mol. The van der Waals surface area contributed by atoms with E-state index in [1.54, 1.807) is 17.0 Å². The van der Waals surface area contributed by atoms with Crippen molar-refractivity contribution < 1.29 is 4.79 Å². The summed E-state index contributed by atoms with van der Waals surface area (Å²) >= 11 is 0. The summed E-state index contributed by atoms with van der Waals surface area (Å²) in [6.45, 7) is 10.3. The standard InChI is InChI=1S/C13H20N4O/c1-5-8-16(10-6-7-10)12(18)11-9-17(15-14-11)13(2,3)4/h5,9-10H,1,6-8H2,2-4H3. The molecular weight excluding hydrogens is 228 g/mol. The van der Waals surface area contributed by atoms with Gasteiger partial charge in [-0.2, -0.15) is 0 Å². The summed E-state index contributed by atoms with van der Waals surface area (Å²) < 4.78 is 1.72. The molecule has 0 bridgehead atoms. The van der Waals surface area contributed by atoms with Crippen LogP contribution in [0.3, 0.4) is 0 Å². The zero-order chi connectivity index (χ0) is 13.3. The summed E-state index contributed by atoms with van der Waals surface area (Å²) in [5.41, 5.74) is 0.257. The zero-order valence-corrected chi connectivity index (χ0v) is 11.3. The summed E-state index contributed by atoms with van der Waals surface area (Å²) in [6, 6.07) is 0.357. The van der Waals surface area contributed by atoms with E-state index >= 15 is 0 Å². The van der Waals surface area contributed by atoms with Crippen molar-refractivity contribution >= 4 is 5.91 Å². The van der Waals surface area contributed by atoms with Gasteiger partial charge >= 0.3 is 0 Å². The van der Waals surface area contributed by atoms with Crippen molar-refractivity contribution in [1.82, 2.24) is 19.9 Å². The van der Waals surface area contributed by atoms with Gasteiger partial charge in [-0.25, -0.2) is 4.68 Å². The highest BCUT2D eigenvalue weighted by Crippen LogP contribution is 2.28. The summed E-state index contributed by atoms with van der Waals surface area (Å²) in [5, 5.41) is 8.01. The molecule has 0 saturated heterocycles. The monoisotopic (exact) mass is 248 g/mol. The van der Waals surface area contributed by atoms with Crippen molar-refractivity contribution in [3.63, 3.8) is 0 Å². The Bertz CT molecular complexity index is 454. The zero-order valence-electron chi connectivity index (χ0n) is 11.3. The Morgan fingerprint density at radius 1 is 1.61 bits per heavy atom. The van der Waals surface area contributed by atoms with E-state index in [1.807, 2.05) is 25.7 Å². The van der Waals surface area contributed by atoms with E-state index in [1.165, 1.54) is 0 Å². The van der Waals surface area contributed by atoms with Crippen LogP contribution in [0.2, 0.25) is 0 Å². The summed E-state index contributed by atoms with van der Waals surface area (Å²) in [4.78, 5) is 14.1. The highest BCUT2D eigenvalue weighted by atomic mass is 16.2. The molecule has 1 aromatic heterocycles. The average Bonchev–Trinajstić information content (AvgIpc) is 2.99. The summed E-state index contributed by atoms with van der Waals surface area (Å²) in [6.07, 6.45) is 5.63. The van der Waals surface area contributed by atoms with Crippen molar-refractivity contribution in [2.24, 2.45) is 0 Å². The second kappa shape index (κ2) is 4.55. The van der Waals surface area contributed by atoms with Gasteiger partial charge in [-0.3, -0.25) is 4.79 Å². The Balaban J connectivity index is 2.17. The van der Waals surface area contributed by atoms with Crippen LogP contribution in [0.5, 0.6) is 0 Å². The number of hydrogen-bond donors (Lipinski definition) is 0. The molecule has 1 fully saturated rings. The van der Waals surface area contributed by atoms with E-state index in [0.29, 0.717) is 18.3 Å². The molecule has 0 atom stereocenters. The van der Waals surface area contributed by atoms with Gasteiger partial charge in [-0.15, -0.1) is 11.7 Å². The van der Waals surface area contributed by atoms with E-state index in [9.17, 15) is 4.79 Å². The fraction of sp³-hybridized carbons (Fsp3) is 0.615. The Hall–Kier alpha value is -1.65. The van der Waals surface area contributed by atoms with Crippen LogP contribution in [-0.4, -0.2) is 38.4 Å². The molecule has 1 amide bonds. The molecule has 5 heteroatoms. The smallest absolute Gasteiger partial charge is 0.276 e. The van der Waals surface area contributed by atoms with Crippen LogP contribution in [0, 0.1) is 0 Å². The minimum absolute atomic E-state index is 0.0482. The van der Waals surface area contributed by atoms with E-state index in [2.05, 4.69) is 16.9 Å². The van der Waals surface area contributed by atoms with Gasteiger partial charge in [0.1, 0.15) is 0 Å². The summed E-state index contributed by atoms with van der Waals surface area (Å²) in [5.74, 6) is -0.0482. The van der Waals surface area contributed by atoms with Crippen LogP contribution in [0.25, 0.3) is 0 Å². The number of carbonyl (C=O) groups is 1. The maximum absolute atomic E-state index is 12.3. The van der Waals surface area contributed by atoms with Crippen LogP contribution < -0.4 is 0 Å². The fourth-order valence-corrected chi connectivity index (χ4v) is 1.76. The number of nitrogens with zero attached hydrogens (tertiary/aromatic N) is 4. The van der Waals surface area contributed by atoms with Gasteiger partial charge in [0.2, 0.25) is 0 Å². The number of rotatable bonds is 4. The Labute approximate surface area is 107 Å². The first kappa shape index (κ1) is 12.8. The van der Waals surface area contributed by atoms with E-state index in [0.717, 1.165) is 12.8 Å². The normalized spacial score (nSPS) is 15.5. The molecule has 0 radical (unpaired) electrons. The predicted octanol–water partition coefficient (Wildman–Crippen LogP) is 1.82. The first-order valence-electron chi connectivity index (χ1n) is 6.28. The van der Waals surface area contributed by atoms with E-state index < -0.39 is 0 Å². The van der Waals surface area contributed by atoms with Gasteiger partial charge in [0.25, 0.3) is 5.91 Å². The molecule has 1 heterocycles. The molecule has 1 aliphatic rings. The molecule has 0 unspecified atom stereocenters. The van der Waals surface area contributed by atoms with Gasteiger partial charge in [0.05, 0.1) is 11.7 Å². The van der Waals surface area contributed by atoms with Crippen LogP contribution in [0.4, 0.5) is 0 Å². The Morgan fingerprint density at radius 3 is 2.72 bits per heavy atom. The van der Waals surface area contributed by atoms with Crippen molar-refractivity contribution in [2.45, 2.75) is 45.2 Å². The SMILES string of the molecule is C=CCN(C(=O)c1cn(C(C)(C)C)nn1)C1CC1. The third-order valence-electron chi connectivity index (χ3n) is 2.97. The second-order valence-corrected chi connectivity index (χ2v) is 5.70. The molecule has 18 heavy (non-hydrogen) atoms. The molecule has 5 nitrogen and oxygen atoms in total. The largest absolute Gasteiger partial charge is 0.331 e. The van der Waals surface area contributed by atoms with Crippen LogP contribution in [0.1, 0.15) is 44.1 Å². The molecule has 1 saturated carbocycles. The highest BCUT2D eigenvalue weighted by Gasteiger charge is 2.33. The van der Waals surface area contributed by atoms with Gasteiger partial charge in [-0.05, 0) is 33.6 Å². The Kier molecular flexibility index (Phi) is 3.24. The van der Waals surface area contributed by atoms with Crippen LogP contribution in [0.15, 0.2) is 18.9 Å². The predicted molar refractivity (Wildman–Crippen MR) is 69.3 cm³/mol. The van der Waals surface area contributed by atoms with Gasteiger partial charge in [-0.1, -0.05) is 11.3 Å². The number of amides is 1. The van der Waals surface area contributed by atoms with Crippen molar-refractivity contribution in [1.29, 1.82) is 0 Å². The quantitative estimate of drug-likeness (QED) is 0.764. The lowest BCUT2D eigenvalue weighted by Gasteiger charge is -2.19. The molecule has 0 aliphatic heterocycles. The molecule has 1 aliphatic carbocycles. The molecule has 98 valence electrons. The van der Waals surface area contributed by atoms with Crippen molar-refractivity contribution in [3.8, 4) is 0 Å². The first-order valence-corrected chi connectivity index (χ1v) is 6.28. The molecule has 1 aromatic rings. The third-order valence-corrected chi connectivity index (χ3v) is 2.97. The molecule has 0 N–H and O–H groups in total. The van der Waals surface area contributed by atoms with Crippen molar-refractivity contribution in [2.75, 3.05) is 6.54 Å². The van der Waals surface area contributed by atoms with Gasteiger partial charge in [0, 0.05) is 12.6 Å². The number of aromatic nitrogens is 3. The van der Waals surface area contributed by atoms with Crippen LogP contribution in [-0.2, 0) is 5.54 Å². The maximum atomic E-state index is 12.3. The minimum Gasteiger partial charge on any atom is -0.331 e. The van der Waals surface area contributed by atoms with E-state index in [-0.39, 0.29) is 11.4 Å². The first-order chi connectivity index (χ1) is 8.43. The second-order valence-electron chi connectivity index (χ2n) is 5.70.